The van der Waals surface area contributed by atoms with Crippen LogP contribution in [-0.2, 0) is 36.3 Å². The fourth-order valence-electron chi connectivity index (χ4n) is 4.24. The van der Waals surface area contributed by atoms with E-state index in [-0.39, 0.29) is 12.4 Å². The minimum Gasteiger partial charge on any atom is -0.492 e. The largest absolute Gasteiger partial charge is 0.492 e. The van der Waals surface area contributed by atoms with Gasteiger partial charge in [0, 0.05) is 73.8 Å². The molecule has 1 aromatic carbocycles. The molecule has 0 saturated carbocycles. The number of hydrogen-bond donors (Lipinski definition) is 2. The number of benzene rings is 1. The molecule has 192 valence electrons. The van der Waals surface area contributed by atoms with E-state index in [1.54, 1.807) is 10.7 Å². The zero-order valence-corrected chi connectivity index (χ0v) is 21.5. The van der Waals surface area contributed by atoms with Crippen LogP contribution in [0.1, 0.15) is 22.6 Å². The van der Waals surface area contributed by atoms with Gasteiger partial charge in [-0.2, -0.15) is 5.10 Å². The third-order valence-corrected chi connectivity index (χ3v) is 6.84. The van der Waals surface area contributed by atoms with Gasteiger partial charge in [0.1, 0.15) is 17.2 Å². The summed E-state index contributed by atoms with van der Waals surface area (Å²) >= 11 is 0. The van der Waals surface area contributed by atoms with Gasteiger partial charge in [-0.05, 0) is 43.3 Å². The van der Waals surface area contributed by atoms with Crippen molar-refractivity contribution in [3.8, 4) is 16.9 Å². The molecule has 3 heterocycles. The zero-order valence-electron chi connectivity index (χ0n) is 20.7. The maximum atomic E-state index is 14.2. The number of ether oxygens (including phenoxy) is 1. The van der Waals surface area contributed by atoms with E-state index in [9.17, 15) is 12.8 Å². The van der Waals surface area contributed by atoms with Gasteiger partial charge in [-0.25, -0.2) is 22.5 Å². The minimum absolute atomic E-state index is 0.264. The Morgan fingerprint density at radius 3 is 2.72 bits per heavy atom. The van der Waals surface area contributed by atoms with Gasteiger partial charge in [-0.15, -0.1) is 0 Å². The number of aryl methyl sites for hydroxylation is 1. The second kappa shape index (κ2) is 10.8. The van der Waals surface area contributed by atoms with Crippen LogP contribution in [-0.4, -0.2) is 53.5 Å². The van der Waals surface area contributed by atoms with E-state index in [4.69, 9.17) is 10.5 Å². The van der Waals surface area contributed by atoms with Crippen molar-refractivity contribution in [2.24, 2.45) is 12.8 Å². The number of fused-ring (bicyclic) bond motifs is 1. The summed E-state index contributed by atoms with van der Waals surface area (Å²) in [6.45, 7) is 3.05. The van der Waals surface area contributed by atoms with Crippen LogP contribution < -0.4 is 15.2 Å². The Bertz CT molecular complexity index is 1480. The molecule has 0 bridgehead atoms. The summed E-state index contributed by atoms with van der Waals surface area (Å²) in [6.07, 6.45) is 6.62. The van der Waals surface area contributed by atoms with Crippen molar-refractivity contribution in [1.29, 1.82) is 0 Å². The van der Waals surface area contributed by atoms with Crippen molar-refractivity contribution >= 4 is 15.7 Å². The van der Waals surface area contributed by atoms with E-state index in [1.807, 2.05) is 42.9 Å². The van der Waals surface area contributed by atoms with Gasteiger partial charge >= 0.3 is 0 Å². The van der Waals surface area contributed by atoms with Crippen molar-refractivity contribution < 1.29 is 17.5 Å². The van der Waals surface area contributed by atoms with E-state index in [0.29, 0.717) is 38.2 Å². The number of hydrogen-bond acceptors (Lipinski definition) is 6. The van der Waals surface area contributed by atoms with Crippen LogP contribution in [0.4, 0.5) is 4.39 Å². The number of nitrogens with one attached hydrogen (secondary N) is 1. The van der Waals surface area contributed by atoms with Crippen LogP contribution in [0, 0.1) is 12.7 Å². The molecule has 9 nitrogen and oxygen atoms in total. The second-order valence-electron chi connectivity index (χ2n) is 8.72. The van der Waals surface area contributed by atoms with Gasteiger partial charge in [-0.1, -0.05) is 0 Å². The SMILES string of the molecule is Cc1c(CCOc2cc(F)ccc2-c2ccc3ncc(CCN)n3c2)c(CCNS(C)(=O)=O)nn1C. The fraction of sp³-hybridized carbons (Fsp3) is 0.360. The molecule has 4 rings (SSSR count). The van der Waals surface area contributed by atoms with E-state index >= 15 is 0 Å². The number of nitrogens with two attached hydrogens (primary N) is 1. The lowest BCUT2D eigenvalue weighted by Gasteiger charge is -2.13. The lowest BCUT2D eigenvalue weighted by Crippen LogP contribution is -2.24. The molecule has 0 aliphatic rings. The molecule has 36 heavy (non-hydrogen) atoms. The van der Waals surface area contributed by atoms with Crippen LogP contribution >= 0.6 is 0 Å². The summed E-state index contributed by atoms with van der Waals surface area (Å²) in [7, 11) is -1.42. The first-order chi connectivity index (χ1) is 17.2. The molecule has 0 aliphatic heterocycles. The number of imidazole rings is 1. The Morgan fingerprint density at radius 2 is 1.97 bits per heavy atom. The van der Waals surface area contributed by atoms with Crippen LogP contribution in [0.25, 0.3) is 16.8 Å². The number of sulfonamides is 1. The lowest BCUT2D eigenvalue weighted by atomic mass is 10.1. The highest BCUT2D eigenvalue weighted by Crippen LogP contribution is 2.31. The third-order valence-electron chi connectivity index (χ3n) is 6.11. The fourth-order valence-corrected chi connectivity index (χ4v) is 4.71. The molecule has 3 aromatic heterocycles. The average Bonchev–Trinajstić information content (AvgIpc) is 3.34. The summed E-state index contributed by atoms with van der Waals surface area (Å²) in [5.74, 6) is 0.0584. The summed E-state index contributed by atoms with van der Waals surface area (Å²) < 4.78 is 49.3. The van der Waals surface area contributed by atoms with Crippen molar-refractivity contribution in [2.75, 3.05) is 26.0 Å². The van der Waals surface area contributed by atoms with Crippen LogP contribution in [0.2, 0.25) is 0 Å². The average molecular weight is 515 g/mol. The maximum absolute atomic E-state index is 14.2. The van der Waals surface area contributed by atoms with Crippen LogP contribution in [0.15, 0.2) is 42.7 Å². The molecule has 3 N–H and O–H groups in total. The smallest absolute Gasteiger partial charge is 0.208 e. The summed E-state index contributed by atoms with van der Waals surface area (Å²) in [5, 5.41) is 4.53. The Balaban J connectivity index is 1.53. The van der Waals surface area contributed by atoms with Gasteiger partial charge in [-0.3, -0.25) is 4.68 Å². The molecule has 0 amide bonds. The molecule has 0 aliphatic carbocycles. The second-order valence-corrected chi connectivity index (χ2v) is 10.6. The number of aromatic nitrogens is 4. The standard InChI is InChI=1S/C25H31FN6O3S/c1-17-21(23(30-31(17)2)9-12-29-36(3,33)34)10-13-35-24-14-19(26)5-6-22(24)18-4-7-25-28-15-20(8-11-27)32(25)16-18/h4-7,14-16,29H,8-13,27H2,1-3H3. The summed E-state index contributed by atoms with van der Waals surface area (Å²) in [4.78, 5) is 4.42. The van der Waals surface area contributed by atoms with Crippen molar-refractivity contribution in [3.63, 3.8) is 0 Å². The van der Waals surface area contributed by atoms with Crippen molar-refractivity contribution in [1.82, 2.24) is 23.9 Å². The quantitative estimate of drug-likeness (QED) is 0.318. The van der Waals surface area contributed by atoms with E-state index in [1.165, 1.54) is 12.1 Å². The zero-order chi connectivity index (χ0) is 25.9. The summed E-state index contributed by atoms with van der Waals surface area (Å²) in [6, 6.07) is 8.37. The van der Waals surface area contributed by atoms with Crippen molar-refractivity contribution in [2.45, 2.75) is 26.2 Å². The first-order valence-corrected chi connectivity index (χ1v) is 13.6. The van der Waals surface area contributed by atoms with Crippen molar-refractivity contribution in [3.05, 3.63) is 71.2 Å². The number of pyridine rings is 1. The lowest BCUT2D eigenvalue weighted by molar-refractivity contribution is 0.321. The number of halogens is 1. The number of nitrogens with zero attached hydrogens (tertiary/aromatic N) is 4. The van der Waals surface area contributed by atoms with Gasteiger partial charge in [0.25, 0.3) is 0 Å². The van der Waals surface area contributed by atoms with Gasteiger partial charge < -0.3 is 14.9 Å². The molecule has 0 spiro atoms. The Labute approximate surface area is 210 Å². The van der Waals surface area contributed by atoms with Crippen LogP contribution in [0.3, 0.4) is 0 Å². The highest BCUT2D eigenvalue weighted by Gasteiger charge is 2.15. The molecular weight excluding hydrogens is 483 g/mol. The third kappa shape index (κ3) is 5.92. The van der Waals surface area contributed by atoms with E-state index in [2.05, 4.69) is 14.8 Å². The normalized spacial score (nSPS) is 11.9. The first-order valence-electron chi connectivity index (χ1n) is 11.7. The first kappa shape index (κ1) is 25.8. The van der Waals surface area contributed by atoms with Gasteiger partial charge in [0.05, 0.1) is 18.6 Å². The number of rotatable bonds is 11. The Morgan fingerprint density at radius 1 is 1.17 bits per heavy atom. The molecule has 0 saturated heterocycles. The van der Waals surface area contributed by atoms with Gasteiger partial charge in [0.2, 0.25) is 10.0 Å². The highest BCUT2D eigenvalue weighted by atomic mass is 32.2. The molecule has 0 radical (unpaired) electrons. The molecule has 0 atom stereocenters. The molecule has 11 heteroatoms. The molecular formula is C25H31FN6O3S. The maximum Gasteiger partial charge on any atom is 0.208 e. The Hall–Kier alpha value is -3.28. The van der Waals surface area contributed by atoms with Gasteiger partial charge in [0.15, 0.2) is 0 Å². The minimum atomic E-state index is -3.27. The molecule has 0 fully saturated rings. The molecule has 4 aromatic rings. The monoisotopic (exact) mass is 514 g/mol. The Kier molecular flexibility index (Phi) is 7.72. The summed E-state index contributed by atoms with van der Waals surface area (Å²) in [5.41, 5.74) is 12.0. The van der Waals surface area contributed by atoms with E-state index < -0.39 is 10.0 Å². The molecule has 0 unspecified atom stereocenters. The topological polar surface area (TPSA) is 117 Å². The van der Waals surface area contributed by atoms with E-state index in [0.717, 1.165) is 45.7 Å². The predicted octanol–water partition coefficient (Wildman–Crippen LogP) is 2.40. The van der Waals surface area contributed by atoms with Crippen LogP contribution in [0.5, 0.6) is 5.75 Å². The predicted molar refractivity (Wildman–Crippen MR) is 137 cm³/mol. The highest BCUT2D eigenvalue weighted by molar-refractivity contribution is 7.88.